The monoisotopic (exact) mass is 291 g/mol. The van der Waals surface area contributed by atoms with E-state index in [1.165, 1.54) is 0 Å². The van der Waals surface area contributed by atoms with Gasteiger partial charge < -0.3 is 14.8 Å². The molecule has 6 nitrogen and oxygen atoms in total. The number of aliphatic hydroxyl groups is 1. The van der Waals surface area contributed by atoms with Gasteiger partial charge in [0.25, 0.3) is 5.91 Å². The molecule has 0 fully saturated rings. The second kappa shape index (κ2) is 5.37. The first-order valence-corrected chi connectivity index (χ1v) is 6.78. The molecule has 1 atom stereocenters. The predicted octanol–water partition coefficient (Wildman–Crippen LogP) is 1.58. The number of aromatic nitrogens is 2. The molecule has 0 radical (unpaired) electrons. The molecular formula is C15H21N3O3. The Hall–Kier alpha value is -2.08. The summed E-state index contributed by atoms with van der Waals surface area (Å²) in [6, 6.07) is 0. The van der Waals surface area contributed by atoms with Crippen molar-refractivity contribution < 1.29 is 14.3 Å². The van der Waals surface area contributed by atoms with Gasteiger partial charge in [-0.15, -0.1) is 0 Å². The van der Waals surface area contributed by atoms with Crippen LogP contribution in [0.25, 0.3) is 0 Å². The van der Waals surface area contributed by atoms with Gasteiger partial charge in [-0.2, -0.15) is 5.10 Å². The van der Waals surface area contributed by atoms with E-state index in [1.54, 1.807) is 38.0 Å². The molecule has 6 heteroatoms. The van der Waals surface area contributed by atoms with Crippen LogP contribution in [0.2, 0.25) is 0 Å². The van der Waals surface area contributed by atoms with E-state index in [4.69, 9.17) is 4.42 Å². The minimum absolute atomic E-state index is 0.0979. The molecule has 114 valence electrons. The van der Waals surface area contributed by atoms with Crippen LogP contribution in [0, 0.1) is 20.8 Å². The highest BCUT2D eigenvalue weighted by Crippen LogP contribution is 2.22. The van der Waals surface area contributed by atoms with E-state index in [0.717, 1.165) is 11.3 Å². The van der Waals surface area contributed by atoms with Crippen LogP contribution in [0.15, 0.2) is 16.8 Å². The van der Waals surface area contributed by atoms with Gasteiger partial charge in [0, 0.05) is 24.4 Å². The molecule has 0 bridgehead atoms. The first kappa shape index (κ1) is 15.3. The molecule has 2 aromatic rings. The molecule has 1 unspecified atom stereocenters. The van der Waals surface area contributed by atoms with E-state index in [9.17, 15) is 9.90 Å². The molecule has 0 aromatic carbocycles. The molecule has 2 rings (SSSR count). The lowest BCUT2D eigenvalue weighted by Gasteiger charge is -2.22. The normalized spacial score (nSPS) is 14.0. The van der Waals surface area contributed by atoms with Crippen LogP contribution in [0.3, 0.4) is 0 Å². The summed E-state index contributed by atoms with van der Waals surface area (Å²) in [5.74, 6) is 1.08. The van der Waals surface area contributed by atoms with Gasteiger partial charge in [0.2, 0.25) is 0 Å². The molecule has 0 aliphatic carbocycles. The van der Waals surface area contributed by atoms with E-state index in [1.807, 2.05) is 13.8 Å². The fourth-order valence-electron chi connectivity index (χ4n) is 2.27. The SMILES string of the molecule is Cc1oc(C)c(C(=O)NCC(C)(O)c2cnn(C)c2)c1C. The molecule has 2 aromatic heterocycles. The summed E-state index contributed by atoms with van der Waals surface area (Å²) in [7, 11) is 1.78. The molecule has 0 saturated carbocycles. The Morgan fingerprint density at radius 1 is 1.43 bits per heavy atom. The highest BCUT2D eigenvalue weighted by molar-refractivity contribution is 5.96. The van der Waals surface area contributed by atoms with Crippen molar-refractivity contribution in [1.82, 2.24) is 15.1 Å². The molecule has 21 heavy (non-hydrogen) atoms. The second-order valence-corrected chi connectivity index (χ2v) is 5.57. The van der Waals surface area contributed by atoms with Crippen molar-refractivity contribution in [3.63, 3.8) is 0 Å². The van der Waals surface area contributed by atoms with Gasteiger partial charge in [0.05, 0.1) is 18.3 Å². The van der Waals surface area contributed by atoms with Crippen molar-refractivity contribution in [2.75, 3.05) is 6.54 Å². The first-order chi connectivity index (χ1) is 9.72. The number of amides is 1. The molecule has 2 N–H and O–H groups in total. The summed E-state index contributed by atoms with van der Waals surface area (Å²) in [5, 5.41) is 17.2. The van der Waals surface area contributed by atoms with Crippen molar-refractivity contribution >= 4 is 5.91 Å². The molecule has 0 saturated heterocycles. The zero-order valence-corrected chi connectivity index (χ0v) is 13.0. The average molecular weight is 291 g/mol. The van der Waals surface area contributed by atoms with E-state index < -0.39 is 5.60 Å². The van der Waals surface area contributed by atoms with Crippen molar-refractivity contribution in [3.8, 4) is 0 Å². The van der Waals surface area contributed by atoms with Crippen molar-refractivity contribution in [3.05, 3.63) is 40.6 Å². The third-order valence-corrected chi connectivity index (χ3v) is 3.71. The van der Waals surface area contributed by atoms with Crippen molar-refractivity contribution in [1.29, 1.82) is 0 Å². The Balaban J connectivity index is 2.10. The first-order valence-electron chi connectivity index (χ1n) is 6.78. The van der Waals surface area contributed by atoms with Crippen LogP contribution in [-0.4, -0.2) is 27.3 Å². The highest BCUT2D eigenvalue weighted by atomic mass is 16.3. The maximum atomic E-state index is 12.3. The third-order valence-electron chi connectivity index (χ3n) is 3.71. The van der Waals surface area contributed by atoms with Gasteiger partial charge >= 0.3 is 0 Å². The Morgan fingerprint density at radius 3 is 2.57 bits per heavy atom. The summed E-state index contributed by atoms with van der Waals surface area (Å²) in [6.45, 7) is 7.17. The maximum absolute atomic E-state index is 12.3. The molecule has 1 amide bonds. The highest BCUT2D eigenvalue weighted by Gasteiger charge is 2.27. The van der Waals surface area contributed by atoms with Gasteiger partial charge in [0.1, 0.15) is 17.1 Å². The smallest absolute Gasteiger partial charge is 0.255 e. The number of rotatable bonds is 4. The molecular weight excluding hydrogens is 270 g/mol. The van der Waals surface area contributed by atoms with E-state index in [2.05, 4.69) is 10.4 Å². The fourth-order valence-corrected chi connectivity index (χ4v) is 2.27. The van der Waals surface area contributed by atoms with Crippen LogP contribution in [-0.2, 0) is 12.6 Å². The minimum atomic E-state index is -1.18. The fraction of sp³-hybridized carbons (Fsp3) is 0.467. The summed E-state index contributed by atoms with van der Waals surface area (Å²) in [4.78, 5) is 12.3. The molecule has 0 spiro atoms. The number of aryl methyl sites for hydroxylation is 3. The Kier molecular flexibility index (Phi) is 3.91. The number of furan rings is 1. The Morgan fingerprint density at radius 2 is 2.10 bits per heavy atom. The van der Waals surface area contributed by atoms with Crippen LogP contribution >= 0.6 is 0 Å². The number of hydrogen-bond acceptors (Lipinski definition) is 4. The van der Waals surface area contributed by atoms with Crippen LogP contribution in [0.4, 0.5) is 0 Å². The van der Waals surface area contributed by atoms with Crippen LogP contribution < -0.4 is 5.32 Å². The van der Waals surface area contributed by atoms with E-state index in [-0.39, 0.29) is 12.5 Å². The van der Waals surface area contributed by atoms with Gasteiger partial charge in [-0.05, 0) is 27.7 Å². The molecule has 0 aliphatic rings. The lowest BCUT2D eigenvalue weighted by molar-refractivity contribution is 0.0525. The lowest BCUT2D eigenvalue weighted by Crippen LogP contribution is -2.38. The minimum Gasteiger partial charge on any atom is -0.466 e. The number of carbonyl (C=O) groups excluding carboxylic acids is 1. The Bertz CT molecular complexity index is 668. The standard InChI is InChI=1S/C15H21N3O3/c1-9-10(2)21-11(3)13(9)14(19)16-8-15(4,20)12-6-17-18(5)7-12/h6-7,20H,8H2,1-5H3,(H,16,19). The van der Waals surface area contributed by atoms with Gasteiger partial charge in [0.15, 0.2) is 0 Å². The predicted molar refractivity (Wildman–Crippen MR) is 78.0 cm³/mol. The number of nitrogens with one attached hydrogen (secondary N) is 1. The maximum Gasteiger partial charge on any atom is 0.255 e. The zero-order valence-electron chi connectivity index (χ0n) is 13.0. The number of nitrogens with zero attached hydrogens (tertiary/aromatic N) is 2. The summed E-state index contributed by atoms with van der Waals surface area (Å²) < 4.78 is 7.06. The van der Waals surface area contributed by atoms with E-state index >= 15 is 0 Å². The molecule has 0 aliphatic heterocycles. The van der Waals surface area contributed by atoms with Gasteiger partial charge in [-0.25, -0.2) is 0 Å². The van der Waals surface area contributed by atoms with Crippen LogP contribution in [0.5, 0.6) is 0 Å². The Labute approximate surface area is 123 Å². The number of carbonyl (C=O) groups is 1. The number of hydrogen-bond donors (Lipinski definition) is 2. The lowest BCUT2D eigenvalue weighted by atomic mass is 9.99. The third kappa shape index (κ3) is 3.00. The second-order valence-electron chi connectivity index (χ2n) is 5.57. The summed E-state index contributed by atoms with van der Waals surface area (Å²) >= 11 is 0. The quantitative estimate of drug-likeness (QED) is 0.896. The zero-order chi connectivity index (χ0) is 15.8. The van der Waals surface area contributed by atoms with Gasteiger partial charge in [-0.3, -0.25) is 9.48 Å². The van der Waals surface area contributed by atoms with Crippen molar-refractivity contribution in [2.45, 2.75) is 33.3 Å². The average Bonchev–Trinajstić information content (AvgIpc) is 2.93. The summed E-state index contributed by atoms with van der Waals surface area (Å²) in [5.41, 5.74) is 0.840. The van der Waals surface area contributed by atoms with Crippen LogP contribution in [0.1, 0.15) is 39.9 Å². The van der Waals surface area contributed by atoms with Crippen molar-refractivity contribution in [2.24, 2.45) is 7.05 Å². The van der Waals surface area contributed by atoms with E-state index in [0.29, 0.717) is 16.9 Å². The van der Waals surface area contributed by atoms with Gasteiger partial charge in [-0.1, -0.05) is 0 Å². The molecule has 2 heterocycles. The topological polar surface area (TPSA) is 80.3 Å². The summed E-state index contributed by atoms with van der Waals surface area (Å²) in [6.07, 6.45) is 3.31. The largest absolute Gasteiger partial charge is 0.466 e.